The zero-order chi connectivity index (χ0) is 22.1. The van der Waals surface area contributed by atoms with Gasteiger partial charge in [0, 0.05) is 19.1 Å². The quantitative estimate of drug-likeness (QED) is 0.522. The molecular formula is C22H33N5O3. The maximum atomic E-state index is 13.1. The van der Waals surface area contributed by atoms with Crippen LogP contribution in [0, 0.1) is 0 Å². The first-order chi connectivity index (χ1) is 14.4. The summed E-state index contributed by atoms with van der Waals surface area (Å²) in [4.78, 5) is 41.6. The van der Waals surface area contributed by atoms with Gasteiger partial charge >= 0.3 is 5.69 Å². The van der Waals surface area contributed by atoms with Gasteiger partial charge in [-0.1, -0.05) is 57.0 Å². The van der Waals surface area contributed by atoms with Gasteiger partial charge in [0.15, 0.2) is 5.69 Å². The number of nitrogens with one attached hydrogen (secondary N) is 2. The van der Waals surface area contributed by atoms with E-state index < -0.39 is 11.2 Å². The van der Waals surface area contributed by atoms with Crippen molar-refractivity contribution in [1.29, 1.82) is 0 Å². The summed E-state index contributed by atoms with van der Waals surface area (Å²) >= 11 is 0. The van der Waals surface area contributed by atoms with Crippen LogP contribution in [0.3, 0.4) is 0 Å². The highest BCUT2D eigenvalue weighted by atomic mass is 16.2. The number of aromatic amines is 1. The first kappa shape index (κ1) is 23.4. The molecule has 30 heavy (non-hydrogen) atoms. The molecule has 2 aromatic rings. The van der Waals surface area contributed by atoms with Gasteiger partial charge in [-0.05, 0) is 25.3 Å². The van der Waals surface area contributed by atoms with Gasteiger partial charge < -0.3 is 16.0 Å². The fraction of sp³-hybridized carbons (Fsp3) is 0.500. The minimum absolute atomic E-state index is 0.0303. The second-order valence-corrected chi connectivity index (χ2v) is 7.41. The molecule has 0 aliphatic rings. The van der Waals surface area contributed by atoms with Crippen LogP contribution >= 0.6 is 0 Å². The monoisotopic (exact) mass is 415 g/mol. The zero-order valence-electron chi connectivity index (χ0n) is 18.1. The number of aromatic nitrogens is 2. The number of rotatable bonds is 11. The molecule has 1 aromatic heterocycles. The second-order valence-electron chi connectivity index (χ2n) is 7.41. The van der Waals surface area contributed by atoms with Crippen LogP contribution in [-0.4, -0.2) is 28.5 Å². The molecule has 164 valence electrons. The fourth-order valence-corrected chi connectivity index (χ4v) is 3.25. The number of carbonyl (C=O) groups is 1. The molecule has 4 N–H and O–H groups in total. The van der Waals surface area contributed by atoms with Crippen LogP contribution in [0.5, 0.6) is 0 Å². The van der Waals surface area contributed by atoms with E-state index in [9.17, 15) is 14.4 Å². The average molecular weight is 416 g/mol. The molecule has 1 amide bonds. The summed E-state index contributed by atoms with van der Waals surface area (Å²) in [6.45, 7) is 6.79. The lowest BCUT2D eigenvalue weighted by atomic mass is 10.1. The third-order valence-electron chi connectivity index (χ3n) is 5.11. The molecule has 0 saturated carbocycles. The van der Waals surface area contributed by atoms with Crippen molar-refractivity contribution in [2.75, 3.05) is 23.7 Å². The van der Waals surface area contributed by atoms with E-state index in [0.29, 0.717) is 19.5 Å². The Morgan fingerprint density at radius 2 is 1.83 bits per heavy atom. The number of unbranched alkanes of at least 4 members (excludes halogenated alkanes) is 2. The van der Waals surface area contributed by atoms with Crippen molar-refractivity contribution >= 4 is 17.4 Å². The Bertz CT molecular complexity index is 936. The molecule has 0 saturated heterocycles. The van der Waals surface area contributed by atoms with Crippen molar-refractivity contribution in [2.24, 2.45) is 0 Å². The van der Waals surface area contributed by atoms with E-state index in [4.69, 9.17) is 5.73 Å². The zero-order valence-corrected chi connectivity index (χ0v) is 18.1. The Balaban J connectivity index is 2.29. The summed E-state index contributed by atoms with van der Waals surface area (Å²) in [6.07, 6.45) is 3.19. The summed E-state index contributed by atoms with van der Waals surface area (Å²) in [5, 5.41) is 3.21. The van der Waals surface area contributed by atoms with Crippen LogP contribution < -0.4 is 27.2 Å². The highest BCUT2D eigenvalue weighted by Crippen LogP contribution is 2.18. The second kappa shape index (κ2) is 11.3. The average Bonchev–Trinajstić information content (AvgIpc) is 2.74. The molecule has 2 rings (SSSR count). The van der Waals surface area contributed by atoms with E-state index in [2.05, 4.69) is 10.3 Å². The van der Waals surface area contributed by atoms with E-state index in [-0.39, 0.29) is 30.0 Å². The van der Waals surface area contributed by atoms with Crippen molar-refractivity contribution < 1.29 is 4.79 Å². The van der Waals surface area contributed by atoms with Gasteiger partial charge in [0.05, 0.1) is 6.54 Å². The van der Waals surface area contributed by atoms with Crippen molar-refractivity contribution in [3.8, 4) is 0 Å². The van der Waals surface area contributed by atoms with E-state index >= 15 is 0 Å². The Hall–Kier alpha value is -2.87. The van der Waals surface area contributed by atoms with Crippen molar-refractivity contribution in [3.05, 3.63) is 56.7 Å². The molecule has 0 radical (unpaired) electrons. The van der Waals surface area contributed by atoms with Gasteiger partial charge in [-0.3, -0.25) is 19.1 Å². The summed E-state index contributed by atoms with van der Waals surface area (Å²) < 4.78 is 1.34. The number of hydrogen-bond acceptors (Lipinski definition) is 5. The minimum Gasteiger partial charge on any atom is -0.383 e. The Kier molecular flexibility index (Phi) is 8.86. The number of anilines is 2. The fourth-order valence-electron chi connectivity index (χ4n) is 3.25. The SMILES string of the molecule is CCCCN(C(=O)CN[C@H](C)c1ccccc1)c1c(N)n(CCCC)c(=O)[nH]c1=O. The van der Waals surface area contributed by atoms with Crippen LogP contribution in [0.25, 0.3) is 0 Å². The molecule has 0 aliphatic carbocycles. The molecule has 1 heterocycles. The standard InChI is InChI=1S/C22H33N5O3/c1-4-6-13-26(18(28)15-24-16(3)17-11-9-8-10-12-17)19-20(23)27(14-7-5-2)22(30)25-21(19)29/h8-12,16,24H,4-7,13-15,23H2,1-3H3,(H,25,29,30)/t16-/m1/s1. The maximum absolute atomic E-state index is 13.1. The van der Waals surface area contributed by atoms with Crippen LogP contribution in [0.1, 0.15) is 58.1 Å². The van der Waals surface area contributed by atoms with Crippen LogP contribution in [-0.2, 0) is 11.3 Å². The number of nitrogen functional groups attached to an aromatic ring is 1. The third-order valence-corrected chi connectivity index (χ3v) is 5.11. The van der Waals surface area contributed by atoms with Crippen LogP contribution in [0.4, 0.5) is 11.5 Å². The molecule has 8 heteroatoms. The molecule has 0 aliphatic heterocycles. The molecule has 0 spiro atoms. The van der Waals surface area contributed by atoms with Crippen LogP contribution in [0.2, 0.25) is 0 Å². The highest BCUT2D eigenvalue weighted by molar-refractivity contribution is 5.96. The van der Waals surface area contributed by atoms with Gasteiger partial charge in [0.1, 0.15) is 5.82 Å². The number of hydrogen-bond donors (Lipinski definition) is 3. The molecule has 0 fully saturated rings. The summed E-state index contributed by atoms with van der Waals surface area (Å²) in [6, 6.07) is 9.78. The first-order valence-electron chi connectivity index (χ1n) is 10.6. The molecule has 0 unspecified atom stereocenters. The van der Waals surface area contributed by atoms with Gasteiger partial charge in [0.25, 0.3) is 5.56 Å². The maximum Gasteiger partial charge on any atom is 0.330 e. The Morgan fingerprint density at radius 3 is 2.47 bits per heavy atom. The predicted molar refractivity (Wildman–Crippen MR) is 121 cm³/mol. The highest BCUT2D eigenvalue weighted by Gasteiger charge is 2.24. The number of nitrogens with zero attached hydrogens (tertiary/aromatic N) is 2. The molecule has 8 nitrogen and oxygen atoms in total. The topological polar surface area (TPSA) is 113 Å². The minimum atomic E-state index is -0.634. The number of H-pyrrole nitrogens is 1. The molecular weight excluding hydrogens is 382 g/mol. The lowest BCUT2D eigenvalue weighted by Crippen LogP contribution is -2.45. The van der Waals surface area contributed by atoms with Crippen molar-refractivity contribution in [3.63, 3.8) is 0 Å². The van der Waals surface area contributed by atoms with Gasteiger partial charge in [0.2, 0.25) is 5.91 Å². The predicted octanol–water partition coefficient (Wildman–Crippen LogP) is 2.40. The Labute approximate surface area is 177 Å². The number of amides is 1. The van der Waals surface area contributed by atoms with Crippen molar-refractivity contribution in [2.45, 2.75) is 59.0 Å². The Morgan fingerprint density at radius 1 is 1.17 bits per heavy atom. The van der Waals surface area contributed by atoms with E-state index in [0.717, 1.165) is 24.8 Å². The number of carbonyl (C=O) groups excluding carboxylic acids is 1. The third kappa shape index (κ3) is 5.82. The van der Waals surface area contributed by atoms with Gasteiger partial charge in [-0.15, -0.1) is 0 Å². The summed E-state index contributed by atoms with van der Waals surface area (Å²) in [5.74, 6) is -0.220. The van der Waals surface area contributed by atoms with Crippen LogP contribution in [0.15, 0.2) is 39.9 Å². The normalized spacial score (nSPS) is 12.0. The number of benzene rings is 1. The van der Waals surface area contributed by atoms with E-state index in [1.54, 1.807) is 0 Å². The summed E-state index contributed by atoms with van der Waals surface area (Å²) in [7, 11) is 0. The van der Waals surface area contributed by atoms with Gasteiger partial charge in [-0.25, -0.2) is 4.79 Å². The van der Waals surface area contributed by atoms with E-state index in [1.807, 2.05) is 51.1 Å². The van der Waals surface area contributed by atoms with E-state index in [1.165, 1.54) is 9.47 Å². The first-order valence-corrected chi connectivity index (χ1v) is 10.6. The molecule has 0 bridgehead atoms. The molecule has 1 aromatic carbocycles. The largest absolute Gasteiger partial charge is 0.383 e. The number of nitrogens with two attached hydrogens (primary N) is 1. The smallest absolute Gasteiger partial charge is 0.330 e. The molecule has 1 atom stereocenters. The summed E-state index contributed by atoms with van der Waals surface area (Å²) in [5.41, 5.74) is 6.15. The van der Waals surface area contributed by atoms with Crippen molar-refractivity contribution in [1.82, 2.24) is 14.9 Å². The lowest BCUT2D eigenvalue weighted by molar-refractivity contribution is -0.118. The van der Waals surface area contributed by atoms with Gasteiger partial charge in [-0.2, -0.15) is 0 Å². The lowest BCUT2D eigenvalue weighted by Gasteiger charge is -2.25.